The number of carbonyl (C=O) groups excluding carboxylic acids is 1. The van der Waals surface area contributed by atoms with Crippen LogP contribution in [0.15, 0.2) is 76.5 Å². The number of carbonyl (C=O) groups is 1. The number of hydrogen-bond acceptors (Lipinski definition) is 3. The third-order valence-corrected chi connectivity index (χ3v) is 6.29. The molecular formula is C24H22O2S. The minimum atomic E-state index is -0.259. The summed E-state index contributed by atoms with van der Waals surface area (Å²) in [5, 5.41) is 0. The standard InChI is InChI=1S/C24H22O2S/c1-3-26-24(25)20-9-6-8-17(13-20)16(2)18-11-12-23-21(14-18)15-19-7-4-5-10-22(19)27-23/h4-14,16H,3,15H2,1-2H3. The van der Waals surface area contributed by atoms with E-state index in [9.17, 15) is 4.79 Å². The summed E-state index contributed by atoms with van der Waals surface area (Å²) >= 11 is 1.85. The van der Waals surface area contributed by atoms with E-state index in [1.165, 1.54) is 26.5 Å². The molecule has 1 unspecified atom stereocenters. The van der Waals surface area contributed by atoms with Gasteiger partial charge in [0.1, 0.15) is 0 Å². The lowest BCUT2D eigenvalue weighted by molar-refractivity contribution is 0.0526. The van der Waals surface area contributed by atoms with E-state index >= 15 is 0 Å². The predicted octanol–water partition coefficient (Wildman–Crippen LogP) is 6.07. The molecule has 0 saturated carbocycles. The molecule has 4 rings (SSSR count). The number of ether oxygens (including phenoxy) is 1. The third-order valence-electron chi connectivity index (χ3n) is 5.06. The smallest absolute Gasteiger partial charge is 0.338 e. The van der Waals surface area contributed by atoms with Crippen molar-refractivity contribution in [3.63, 3.8) is 0 Å². The monoisotopic (exact) mass is 374 g/mol. The van der Waals surface area contributed by atoms with Crippen molar-refractivity contribution in [3.05, 3.63) is 94.5 Å². The number of fused-ring (bicyclic) bond motifs is 2. The molecule has 0 fully saturated rings. The average Bonchev–Trinajstić information content (AvgIpc) is 2.71. The Morgan fingerprint density at radius 3 is 2.59 bits per heavy atom. The Kier molecular flexibility index (Phi) is 5.04. The van der Waals surface area contributed by atoms with Crippen LogP contribution in [0.1, 0.15) is 52.4 Å². The van der Waals surface area contributed by atoms with Gasteiger partial charge in [0.15, 0.2) is 0 Å². The molecule has 1 atom stereocenters. The first-order valence-electron chi connectivity index (χ1n) is 9.31. The van der Waals surface area contributed by atoms with E-state index < -0.39 is 0 Å². The molecule has 0 saturated heterocycles. The van der Waals surface area contributed by atoms with Gasteiger partial charge in [-0.2, -0.15) is 0 Å². The molecule has 3 aromatic carbocycles. The van der Waals surface area contributed by atoms with Crippen LogP contribution in [-0.4, -0.2) is 12.6 Å². The van der Waals surface area contributed by atoms with E-state index in [1.54, 1.807) is 0 Å². The maximum Gasteiger partial charge on any atom is 0.338 e. The summed E-state index contributed by atoms with van der Waals surface area (Å²) in [5.74, 6) is -0.0446. The van der Waals surface area contributed by atoms with Crippen molar-refractivity contribution in [1.29, 1.82) is 0 Å². The van der Waals surface area contributed by atoms with Gasteiger partial charge < -0.3 is 4.74 Å². The molecule has 0 radical (unpaired) electrons. The zero-order valence-corrected chi connectivity index (χ0v) is 16.4. The minimum absolute atomic E-state index is 0.215. The van der Waals surface area contributed by atoms with Gasteiger partial charge in [-0.05, 0) is 59.9 Å². The van der Waals surface area contributed by atoms with Crippen LogP contribution in [0.25, 0.3) is 0 Å². The average molecular weight is 375 g/mol. The number of esters is 1. The molecule has 3 aromatic rings. The second kappa shape index (κ2) is 7.61. The van der Waals surface area contributed by atoms with Gasteiger partial charge in [-0.3, -0.25) is 0 Å². The molecule has 0 N–H and O–H groups in total. The van der Waals surface area contributed by atoms with Crippen LogP contribution in [0.5, 0.6) is 0 Å². The Hall–Kier alpha value is -2.52. The summed E-state index contributed by atoms with van der Waals surface area (Å²) < 4.78 is 5.13. The highest BCUT2D eigenvalue weighted by Crippen LogP contribution is 2.40. The fourth-order valence-corrected chi connectivity index (χ4v) is 4.57. The zero-order chi connectivity index (χ0) is 18.8. The van der Waals surface area contributed by atoms with Gasteiger partial charge in [0.25, 0.3) is 0 Å². The van der Waals surface area contributed by atoms with Crippen LogP contribution in [0.4, 0.5) is 0 Å². The maximum absolute atomic E-state index is 12.0. The van der Waals surface area contributed by atoms with E-state index in [0.717, 1.165) is 12.0 Å². The number of benzene rings is 3. The van der Waals surface area contributed by atoms with Crippen molar-refractivity contribution in [1.82, 2.24) is 0 Å². The Bertz CT molecular complexity index is 993. The van der Waals surface area contributed by atoms with E-state index in [-0.39, 0.29) is 11.9 Å². The van der Waals surface area contributed by atoms with Gasteiger partial charge in [-0.1, -0.05) is 61.2 Å². The quantitative estimate of drug-likeness (QED) is 0.406. The summed E-state index contributed by atoms with van der Waals surface area (Å²) in [5.41, 5.74) is 5.79. The Morgan fingerprint density at radius 2 is 1.74 bits per heavy atom. The highest BCUT2D eigenvalue weighted by Gasteiger charge is 2.18. The van der Waals surface area contributed by atoms with Crippen molar-refractivity contribution in [2.75, 3.05) is 6.61 Å². The first-order chi connectivity index (χ1) is 13.2. The van der Waals surface area contributed by atoms with Crippen LogP contribution in [0.2, 0.25) is 0 Å². The SMILES string of the molecule is CCOC(=O)c1cccc(C(C)c2ccc3c(c2)Cc2ccccc2S3)c1. The Morgan fingerprint density at radius 1 is 0.963 bits per heavy atom. The van der Waals surface area contributed by atoms with Gasteiger partial charge in [0, 0.05) is 15.7 Å². The molecule has 2 nitrogen and oxygen atoms in total. The highest BCUT2D eigenvalue weighted by molar-refractivity contribution is 7.99. The lowest BCUT2D eigenvalue weighted by Crippen LogP contribution is -2.06. The number of hydrogen-bond donors (Lipinski definition) is 0. The molecule has 1 aliphatic heterocycles. The summed E-state index contributed by atoms with van der Waals surface area (Å²) in [7, 11) is 0. The van der Waals surface area contributed by atoms with Gasteiger partial charge in [-0.15, -0.1) is 0 Å². The molecule has 0 spiro atoms. The summed E-state index contributed by atoms with van der Waals surface area (Å²) in [6.45, 7) is 4.41. The lowest BCUT2D eigenvalue weighted by Gasteiger charge is -2.21. The van der Waals surface area contributed by atoms with Crippen molar-refractivity contribution in [2.45, 2.75) is 36.0 Å². The lowest BCUT2D eigenvalue weighted by atomic mass is 9.90. The fourth-order valence-electron chi connectivity index (χ4n) is 3.52. The van der Waals surface area contributed by atoms with Crippen LogP contribution < -0.4 is 0 Å². The summed E-state index contributed by atoms with van der Waals surface area (Å²) in [6.07, 6.45) is 0.974. The van der Waals surface area contributed by atoms with Crippen molar-refractivity contribution in [2.24, 2.45) is 0 Å². The molecule has 0 bridgehead atoms. The van der Waals surface area contributed by atoms with Crippen molar-refractivity contribution >= 4 is 17.7 Å². The molecule has 1 aliphatic rings. The molecular weight excluding hydrogens is 352 g/mol. The molecule has 1 heterocycles. The third kappa shape index (κ3) is 3.65. The van der Waals surface area contributed by atoms with Crippen LogP contribution in [0.3, 0.4) is 0 Å². The Balaban J connectivity index is 1.62. The van der Waals surface area contributed by atoms with E-state index in [2.05, 4.69) is 55.5 Å². The molecule has 0 aromatic heterocycles. The molecule has 27 heavy (non-hydrogen) atoms. The molecule has 0 amide bonds. The molecule has 136 valence electrons. The van der Waals surface area contributed by atoms with Crippen LogP contribution in [0, 0.1) is 0 Å². The molecule has 3 heteroatoms. The zero-order valence-electron chi connectivity index (χ0n) is 15.6. The van der Waals surface area contributed by atoms with E-state index in [1.807, 2.05) is 36.9 Å². The number of rotatable bonds is 4. The minimum Gasteiger partial charge on any atom is -0.462 e. The summed E-state index contributed by atoms with van der Waals surface area (Å²) in [4.78, 5) is 14.7. The predicted molar refractivity (Wildman–Crippen MR) is 110 cm³/mol. The van der Waals surface area contributed by atoms with Gasteiger partial charge >= 0.3 is 5.97 Å². The van der Waals surface area contributed by atoms with Crippen LogP contribution >= 0.6 is 11.8 Å². The van der Waals surface area contributed by atoms with Crippen molar-refractivity contribution < 1.29 is 9.53 Å². The fraction of sp³-hybridized carbons (Fsp3) is 0.208. The van der Waals surface area contributed by atoms with Gasteiger partial charge in [0.05, 0.1) is 12.2 Å². The van der Waals surface area contributed by atoms with Gasteiger partial charge in [-0.25, -0.2) is 4.79 Å². The molecule has 0 aliphatic carbocycles. The van der Waals surface area contributed by atoms with Gasteiger partial charge in [0.2, 0.25) is 0 Å². The van der Waals surface area contributed by atoms with Crippen LogP contribution in [-0.2, 0) is 11.2 Å². The largest absolute Gasteiger partial charge is 0.462 e. The first-order valence-corrected chi connectivity index (χ1v) is 10.1. The van der Waals surface area contributed by atoms with Crippen molar-refractivity contribution in [3.8, 4) is 0 Å². The topological polar surface area (TPSA) is 26.3 Å². The van der Waals surface area contributed by atoms with E-state index in [4.69, 9.17) is 4.74 Å². The Labute approximate surface area is 164 Å². The highest BCUT2D eigenvalue weighted by atomic mass is 32.2. The van der Waals surface area contributed by atoms with E-state index in [0.29, 0.717) is 12.2 Å². The summed E-state index contributed by atoms with van der Waals surface area (Å²) in [6, 6.07) is 23.2. The maximum atomic E-state index is 12.0. The second-order valence-electron chi connectivity index (χ2n) is 6.82. The normalized spacial score (nSPS) is 13.4. The second-order valence-corrected chi connectivity index (χ2v) is 7.91. The first kappa shape index (κ1) is 17.9.